The van der Waals surface area contributed by atoms with E-state index < -0.39 is 0 Å². The molecule has 0 unspecified atom stereocenters. The Morgan fingerprint density at radius 3 is 2.30 bits per heavy atom. The zero-order chi connectivity index (χ0) is 13.4. The molecule has 3 heteroatoms. The van der Waals surface area contributed by atoms with Gasteiger partial charge < -0.3 is 13.2 Å². The fraction of sp³-hybridized carbons (Fsp3) is 0.235. The smallest absolute Gasteiger partial charge is 0.110 e. The molecule has 1 aliphatic carbocycles. The number of hydrogen-bond donors (Lipinski definition) is 1. The molecule has 0 aromatic heterocycles. The maximum Gasteiger partial charge on any atom is 0.110 e. The van der Waals surface area contributed by atoms with Crippen molar-refractivity contribution < 1.29 is 5.73 Å². The summed E-state index contributed by atoms with van der Waals surface area (Å²) in [5.41, 5.74) is 8.24. The standard InChI is InChI=1S/C16H15Cl2N.CH3/c17-14-7-5-10(9-15(14)18)11-6-8-16(19)13-4-2-1-3-12(11)13;/h1-5,7,9,11,16H,6,8,19H2;1H3/q;-1/p+1/t11-,16+;/m0./s1. The molecule has 0 radical (unpaired) electrons. The number of hydrogen-bond acceptors (Lipinski definition) is 0. The molecular formula is C17H19Cl2N. The first-order chi connectivity index (χ1) is 9.16. The largest absolute Gasteiger partial charge is 0.358 e. The third kappa shape index (κ3) is 2.71. The lowest BCUT2D eigenvalue weighted by Gasteiger charge is -2.28. The minimum Gasteiger partial charge on any atom is -0.358 e. The molecule has 0 saturated carbocycles. The molecule has 2 aromatic carbocycles. The highest BCUT2D eigenvalue weighted by Gasteiger charge is 2.27. The molecule has 0 fully saturated rings. The van der Waals surface area contributed by atoms with Crippen molar-refractivity contribution in [2.75, 3.05) is 0 Å². The second-order valence-corrected chi connectivity index (χ2v) is 5.94. The van der Waals surface area contributed by atoms with Crippen LogP contribution in [0.1, 0.15) is 41.5 Å². The molecule has 2 atom stereocenters. The molecule has 106 valence electrons. The van der Waals surface area contributed by atoms with Gasteiger partial charge in [-0.3, -0.25) is 0 Å². The van der Waals surface area contributed by atoms with Gasteiger partial charge in [-0.05, 0) is 29.7 Å². The summed E-state index contributed by atoms with van der Waals surface area (Å²) >= 11 is 12.1. The van der Waals surface area contributed by atoms with Gasteiger partial charge in [-0.15, -0.1) is 0 Å². The lowest BCUT2D eigenvalue weighted by atomic mass is 9.77. The van der Waals surface area contributed by atoms with Crippen LogP contribution in [0.5, 0.6) is 0 Å². The van der Waals surface area contributed by atoms with Crippen LogP contribution < -0.4 is 5.73 Å². The van der Waals surface area contributed by atoms with E-state index in [2.05, 4.69) is 36.1 Å². The molecule has 0 aliphatic heterocycles. The van der Waals surface area contributed by atoms with E-state index in [0.717, 1.165) is 12.8 Å². The Morgan fingerprint density at radius 2 is 1.60 bits per heavy atom. The van der Waals surface area contributed by atoms with Crippen LogP contribution in [0, 0.1) is 7.43 Å². The van der Waals surface area contributed by atoms with Crippen LogP contribution in [-0.4, -0.2) is 0 Å². The minimum absolute atomic E-state index is 0. The Morgan fingerprint density at radius 1 is 0.900 bits per heavy atom. The van der Waals surface area contributed by atoms with Crippen molar-refractivity contribution in [2.45, 2.75) is 24.8 Å². The number of fused-ring (bicyclic) bond motifs is 1. The third-order valence-corrected chi connectivity index (χ3v) is 4.70. The highest BCUT2D eigenvalue weighted by molar-refractivity contribution is 6.42. The van der Waals surface area contributed by atoms with Crippen molar-refractivity contribution in [3.05, 3.63) is 76.6 Å². The predicted molar refractivity (Wildman–Crippen MR) is 86.0 cm³/mol. The van der Waals surface area contributed by atoms with Gasteiger partial charge >= 0.3 is 0 Å². The van der Waals surface area contributed by atoms with Gasteiger partial charge in [-0.2, -0.15) is 0 Å². The highest BCUT2D eigenvalue weighted by atomic mass is 35.5. The Balaban J connectivity index is 0.00000147. The van der Waals surface area contributed by atoms with Gasteiger partial charge in [0, 0.05) is 17.9 Å². The van der Waals surface area contributed by atoms with Gasteiger partial charge in [0.05, 0.1) is 10.0 Å². The molecule has 0 spiro atoms. The van der Waals surface area contributed by atoms with E-state index in [-0.39, 0.29) is 7.43 Å². The summed E-state index contributed by atoms with van der Waals surface area (Å²) in [6.45, 7) is 0. The second-order valence-electron chi connectivity index (χ2n) is 5.13. The summed E-state index contributed by atoms with van der Waals surface area (Å²) in [5.74, 6) is 0.406. The summed E-state index contributed by atoms with van der Waals surface area (Å²) in [4.78, 5) is 0. The van der Waals surface area contributed by atoms with Crippen molar-refractivity contribution in [2.24, 2.45) is 0 Å². The van der Waals surface area contributed by atoms with Crippen LogP contribution in [0.4, 0.5) is 0 Å². The molecule has 0 saturated heterocycles. The third-order valence-electron chi connectivity index (χ3n) is 3.96. The van der Waals surface area contributed by atoms with Crippen LogP contribution in [-0.2, 0) is 0 Å². The van der Waals surface area contributed by atoms with Crippen LogP contribution in [0.2, 0.25) is 10.0 Å². The van der Waals surface area contributed by atoms with Crippen LogP contribution in [0.15, 0.2) is 42.5 Å². The van der Waals surface area contributed by atoms with E-state index in [1.165, 1.54) is 16.7 Å². The first kappa shape index (κ1) is 15.4. The monoisotopic (exact) mass is 307 g/mol. The maximum absolute atomic E-state index is 6.14. The molecule has 20 heavy (non-hydrogen) atoms. The fourth-order valence-corrected chi connectivity index (χ4v) is 3.26. The van der Waals surface area contributed by atoms with Gasteiger partial charge in [0.2, 0.25) is 0 Å². The first-order valence-corrected chi connectivity index (χ1v) is 7.29. The quantitative estimate of drug-likeness (QED) is 0.743. The summed E-state index contributed by atoms with van der Waals surface area (Å²) in [5, 5.41) is 1.25. The Bertz CT molecular complexity index is 610. The Kier molecular flexibility index (Phi) is 4.74. The predicted octanol–water partition coefficient (Wildman–Crippen LogP) is 4.65. The summed E-state index contributed by atoms with van der Waals surface area (Å²) in [6, 6.07) is 15.0. The van der Waals surface area contributed by atoms with Crippen LogP contribution in [0.3, 0.4) is 0 Å². The Labute approximate surface area is 130 Å². The van der Waals surface area contributed by atoms with Crippen molar-refractivity contribution in [3.8, 4) is 0 Å². The van der Waals surface area contributed by atoms with Crippen molar-refractivity contribution in [1.82, 2.24) is 0 Å². The van der Waals surface area contributed by atoms with Gasteiger partial charge in [0.15, 0.2) is 0 Å². The van der Waals surface area contributed by atoms with E-state index >= 15 is 0 Å². The van der Waals surface area contributed by atoms with Gasteiger partial charge in [0.1, 0.15) is 6.04 Å². The maximum atomic E-state index is 6.14. The minimum atomic E-state index is 0. The van der Waals surface area contributed by atoms with E-state index in [1.807, 2.05) is 12.1 Å². The number of quaternary nitrogens is 1. The molecule has 3 rings (SSSR count). The van der Waals surface area contributed by atoms with Gasteiger partial charge in [-0.1, -0.05) is 53.5 Å². The summed E-state index contributed by atoms with van der Waals surface area (Å²) in [6.07, 6.45) is 2.23. The average molecular weight is 308 g/mol. The molecule has 2 aromatic rings. The molecular weight excluding hydrogens is 289 g/mol. The zero-order valence-corrected chi connectivity index (χ0v) is 13.1. The molecule has 1 nitrogen and oxygen atoms in total. The highest BCUT2D eigenvalue weighted by Crippen LogP contribution is 2.40. The summed E-state index contributed by atoms with van der Waals surface area (Å²) in [7, 11) is 0. The Hall–Kier alpha value is -1.02. The fourth-order valence-electron chi connectivity index (χ4n) is 2.95. The molecule has 0 amide bonds. The zero-order valence-electron chi connectivity index (χ0n) is 11.6. The number of halogens is 2. The van der Waals surface area contributed by atoms with Crippen molar-refractivity contribution in [3.63, 3.8) is 0 Å². The van der Waals surface area contributed by atoms with Crippen molar-refractivity contribution >= 4 is 23.2 Å². The molecule has 1 aliphatic rings. The molecule has 0 bridgehead atoms. The van der Waals surface area contributed by atoms with E-state index in [1.54, 1.807) is 0 Å². The molecule has 0 heterocycles. The van der Waals surface area contributed by atoms with E-state index in [4.69, 9.17) is 23.2 Å². The second kappa shape index (κ2) is 6.17. The topological polar surface area (TPSA) is 27.6 Å². The SMILES string of the molecule is [CH3-].[NH3+][C@@H]1CC[C@@H](c2ccc(Cl)c(Cl)c2)c2ccccc21. The van der Waals surface area contributed by atoms with Crippen LogP contribution in [0.25, 0.3) is 0 Å². The van der Waals surface area contributed by atoms with Gasteiger partial charge in [-0.25, -0.2) is 0 Å². The van der Waals surface area contributed by atoms with Gasteiger partial charge in [0.25, 0.3) is 0 Å². The number of benzene rings is 2. The van der Waals surface area contributed by atoms with Crippen LogP contribution >= 0.6 is 23.2 Å². The van der Waals surface area contributed by atoms with Crippen molar-refractivity contribution in [1.29, 1.82) is 0 Å². The van der Waals surface area contributed by atoms with E-state index in [0.29, 0.717) is 22.0 Å². The summed E-state index contributed by atoms with van der Waals surface area (Å²) < 4.78 is 0. The van der Waals surface area contributed by atoms with E-state index in [9.17, 15) is 0 Å². The average Bonchev–Trinajstić information content (AvgIpc) is 2.43. The first-order valence-electron chi connectivity index (χ1n) is 6.53. The lowest BCUT2D eigenvalue weighted by Crippen LogP contribution is -2.54. The lowest BCUT2D eigenvalue weighted by molar-refractivity contribution is -0.429. The number of rotatable bonds is 1. The molecule has 3 N–H and O–H groups in total. The normalized spacial score (nSPS) is 20.9.